The summed E-state index contributed by atoms with van der Waals surface area (Å²) in [7, 11) is 1.96. The van der Waals surface area contributed by atoms with Crippen molar-refractivity contribution < 1.29 is 32.3 Å². The Hall–Kier alpha value is -4.44. The van der Waals surface area contributed by atoms with Gasteiger partial charge in [-0.15, -0.1) is 0 Å². The lowest BCUT2D eigenvalue weighted by molar-refractivity contribution is -0.149. The number of likely N-dealkylation sites (N-methyl/N-ethyl adjacent to an activating group) is 1. The normalized spacial score (nSPS) is 17.9. The maximum Gasteiger partial charge on any atom is 0.349 e. The number of amides is 4. The first kappa shape index (κ1) is 37.4. The van der Waals surface area contributed by atoms with E-state index in [9.17, 15) is 19.2 Å². The van der Waals surface area contributed by atoms with Gasteiger partial charge >= 0.3 is 5.92 Å². The van der Waals surface area contributed by atoms with Crippen molar-refractivity contribution in [2.24, 2.45) is 5.92 Å². The molecule has 4 amide bonds. The second-order valence-corrected chi connectivity index (χ2v) is 13.0. The van der Waals surface area contributed by atoms with Crippen molar-refractivity contribution in [3.63, 3.8) is 0 Å². The first-order valence-corrected chi connectivity index (χ1v) is 16.9. The van der Waals surface area contributed by atoms with Gasteiger partial charge in [0.2, 0.25) is 17.7 Å². The lowest BCUT2D eigenvalue weighted by Crippen LogP contribution is -2.55. The molecule has 2 fully saturated rings. The van der Waals surface area contributed by atoms with Crippen LogP contribution in [-0.2, 0) is 25.1 Å². The highest BCUT2D eigenvalue weighted by atomic mass is 19.3. The van der Waals surface area contributed by atoms with Gasteiger partial charge in [0.15, 0.2) is 0 Å². The van der Waals surface area contributed by atoms with Crippen molar-refractivity contribution in [2.45, 2.75) is 82.7 Å². The smallest absolute Gasteiger partial charge is 0.344 e. The van der Waals surface area contributed by atoms with Gasteiger partial charge in [0.1, 0.15) is 17.9 Å². The number of benzene rings is 2. The molecule has 3 atom stereocenters. The number of anilines is 1. The fourth-order valence-corrected chi connectivity index (χ4v) is 6.41. The predicted molar refractivity (Wildman–Crippen MR) is 178 cm³/mol. The van der Waals surface area contributed by atoms with Gasteiger partial charge in [0.05, 0.1) is 17.3 Å². The van der Waals surface area contributed by atoms with Gasteiger partial charge in [-0.2, -0.15) is 14.0 Å². The Labute approximate surface area is 285 Å². The molecule has 1 saturated carbocycles. The van der Waals surface area contributed by atoms with Crippen molar-refractivity contribution in [2.75, 3.05) is 38.5 Å². The fraction of sp³-hybridized carbons (Fsp3) is 0.528. The number of piperazine rings is 1. The third-order valence-corrected chi connectivity index (χ3v) is 9.58. The van der Waals surface area contributed by atoms with Crippen LogP contribution in [0.15, 0.2) is 42.5 Å². The minimum Gasteiger partial charge on any atom is -0.344 e. The van der Waals surface area contributed by atoms with E-state index in [0.29, 0.717) is 44.6 Å². The second kappa shape index (κ2) is 16.8. The summed E-state index contributed by atoms with van der Waals surface area (Å²) in [6, 6.07) is 8.06. The second-order valence-electron chi connectivity index (χ2n) is 13.0. The molecule has 10 nitrogen and oxygen atoms in total. The van der Waals surface area contributed by atoms with Crippen LogP contribution in [0.4, 0.5) is 18.9 Å². The molecule has 13 heteroatoms. The van der Waals surface area contributed by atoms with E-state index >= 15 is 13.2 Å². The summed E-state index contributed by atoms with van der Waals surface area (Å²) >= 11 is 0. The van der Waals surface area contributed by atoms with Crippen LogP contribution in [0.5, 0.6) is 0 Å². The molecule has 1 aliphatic heterocycles. The maximum atomic E-state index is 15.6. The van der Waals surface area contributed by atoms with Gasteiger partial charge in [-0.05, 0) is 55.6 Å². The summed E-state index contributed by atoms with van der Waals surface area (Å²) in [5, 5.41) is 16.7. The van der Waals surface area contributed by atoms with Gasteiger partial charge in [-0.3, -0.25) is 19.2 Å². The molecule has 0 unspecified atom stereocenters. The predicted octanol–water partition coefficient (Wildman–Crippen LogP) is 4.66. The van der Waals surface area contributed by atoms with Crippen LogP contribution in [0.3, 0.4) is 0 Å². The van der Waals surface area contributed by atoms with E-state index in [-0.39, 0.29) is 29.5 Å². The summed E-state index contributed by atoms with van der Waals surface area (Å²) < 4.78 is 46.3. The number of carbonyl (C=O) groups excluding carboxylic acids is 4. The molecule has 0 radical (unpaired) electrons. The van der Waals surface area contributed by atoms with Crippen molar-refractivity contribution in [1.82, 2.24) is 20.4 Å². The number of nitrogens with one attached hydrogen (secondary N) is 3. The first-order valence-electron chi connectivity index (χ1n) is 16.9. The maximum absolute atomic E-state index is 15.6. The van der Waals surface area contributed by atoms with Crippen LogP contribution in [-0.4, -0.2) is 78.7 Å². The minimum atomic E-state index is -4.04. The van der Waals surface area contributed by atoms with Gasteiger partial charge < -0.3 is 25.8 Å². The van der Waals surface area contributed by atoms with Crippen LogP contribution < -0.4 is 16.0 Å². The van der Waals surface area contributed by atoms with Crippen molar-refractivity contribution in [3.8, 4) is 6.07 Å². The molecule has 3 N–H and O–H groups in total. The number of nitriles is 1. The number of halogens is 3. The number of carbonyl (C=O) groups is 4. The quantitative estimate of drug-likeness (QED) is 0.296. The minimum absolute atomic E-state index is 0.0426. The van der Waals surface area contributed by atoms with E-state index in [1.54, 1.807) is 30.9 Å². The highest BCUT2D eigenvalue weighted by molar-refractivity contribution is 5.98. The molecule has 0 spiro atoms. The van der Waals surface area contributed by atoms with Gasteiger partial charge in [0, 0.05) is 44.1 Å². The van der Waals surface area contributed by atoms with Crippen LogP contribution in [0.25, 0.3) is 0 Å². The summed E-state index contributed by atoms with van der Waals surface area (Å²) in [6.45, 7) is 5.75. The molecule has 2 aliphatic rings. The molecule has 1 heterocycles. The van der Waals surface area contributed by atoms with Gasteiger partial charge in [0.25, 0.3) is 5.91 Å². The van der Waals surface area contributed by atoms with Gasteiger partial charge in [-0.25, -0.2) is 4.39 Å². The topological polar surface area (TPSA) is 135 Å². The van der Waals surface area contributed by atoms with Crippen molar-refractivity contribution in [1.29, 1.82) is 5.26 Å². The largest absolute Gasteiger partial charge is 0.349 e. The Kier molecular flexibility index (Phi) is 12.8. The highest BCUT2D eigenvalue weighted by Crippen LogP contribution is 2.32. The van der Waals surface area contributed by atoms with Crippen molar-refractivity contribution >= 4 is 29.3 Å². The Bertz CT molecular complexity index is 1550. The van der Waals surface area contributed by atoms with Crippen LogP contribution in [0.1, 0.15) is 81.4 Å². The molecule has 49 heavy (non-hydrogen) atoms. The summed E-state index contributed by atoms with van der Waals surface area (Å²) in [6.07, 6.45) is 4.48. The molecular formula is C36H45F3N6O4. The zero-order valence-corrected chi connectivity index (χ0v) is 28.2. The van der Waals surface area contributed by atoms with E-state index in [0.717, 1.165) is 37.8 Å². The third-order valence-electron chi connectivity index (χ3n) is 9.58. The van der Waals surface area contributed by atoms with Gasteiger partial charge in [-0.1, -0.05) is 57.7 Å². The zero-order chi connectivity index (χ0) is 35.7. The molecule has 4 rings (SSSR count). The average Bonchev–Trinajstić information content (AvgIpc) is 3.39. The van der Waals surface area contributed by atoms with Crippen LogP contribution in [0.2, 0.25) is 0 Å². The number of alkyl halides is 2. The third kappa shape index (κ3) is 9.38. The Morgan fingerprint density at radius 2 is 1.65 bits per heavy atom. The zero-order valence-electron chi connectivity index (χ0n) is 28.2. The molecule has 0 bridgehead atoms. The summed E-state index contributed by atoms with van der Waals surface area (Å²) in [5.41, 5.74) is -0.535. The average molecular weight is 683 g/mol. The fourth-order valence-electron chi connectivity index (χ4n) is 6.41. The highest BCUT2D eigenvalue weighted by Gasteiger charge is 2.44. The molecular weight excluding hydrogens is 637 g/mol. The number of nitrogens with zero attached hydrogens (tertiary/aromatic N) is 3. The Balaban J connectivity index is 1.55. The monoisotopic (exact) mass is 682 g/mol. The number of hydrogen-bond acceptors (Lipinski definition) is 6. The van der Waals surface area contributed by atoms with E-state index in [1.165, 1.54) is 24.3 Å². The molecule has 1 aliphatic carbocycles. The molecule has 1 saturated heterocycles. The molecule has 0 aromatic heterocycles. The van der Waals surface area contributed by atoms with Crippen LogP contribution >= 0.6 is 0 Å². The Morgan fingerprint density at radius 3 is 2.27 bits per heavy atom. The standard InChI is InChI=1S/C36H45F3N6O4/c1-4-30(46)42-31(34(48)45-18-16-44(3)17-19-45)23(2)26-14-15-29(28(37)21-26)41-33(47)32(25-11-7-5-6-8-12-25)43-35(49)36(38,39)27-13-9-10-24(20-27)22-40/h9-10,13-15,20-21,23,25,31-32H,4-8,11-12,16-19H2,1-3H3,(H,41,47)(H,42,46)(H,43,49)/t23-,31+,32-/m0/s1. The number of rotatable bonds is 11. The van der Waals surface area contributed by atoms with E-state index in [4.69, 9.17) is 5.26 Å². The summed E-state index contributed by atoms with van der Waals surface area (Å²) in [4.78, 5) is 56.4. The van der Waals surface area contributed by atoms with Crippen molar-refractivity contribution in [3.05, 3.63) is 65.0 Å². The molecule has 2 aromatic rings. The van der Waals surface area contributed by atoms with E-state index in [1.807, 2.05) is 7.05 Å². The lowest BCUT2D eigenvalue weighted by Gasteiger charge is -2.36. The SMILES string of the molecule is CCC(=O)N[C@@H](C(=O)N1CCN(C)CC1)[C@@H](C)c1ccc(NC(=O)[C@@H](NC(=O)C(F)(F)c2cccc(C#N)c2)C2CCCCCC2)c(F)c1. The van der Waals surface area contributed by atoms with Crippen LogP contribution in [0, 0.1) is 23.1 Å². The summed E-state index contributed by atoms with van der Waals surface area (Å²) in [5.74, 6) is -9.06. The molecule has 2 aromatic carbocycles. The Morgan fingerprint density at radius 1 is 0.980 bits per heavy atom. The first-order chi connectivity index (χ1) is 23.3. The number of hydrogen-bond donors (Lipinski definition) is 3. The van der Waals surface area contributed by atoms with E-state index in [2.05, 4.69) is 20.9 Å². The molecule has 264 valence electrons. The van der Waals surface area contributed by atoms with E-state index < -0.39 is 53.0 Å². The lowest BCUT2D eigenvalue weighted by atomic mass is 9.90.